The first-order valence-corrected chi connectivity index (χ1v) is 6.90. The summed E-state index contributed by atoms with van der Waals surface area (Å²) in [5, 5.41) is 0. The number of ether oxygens (including phenoxy) is 1. The number of carbonyl (C=O) groups excluding carboxylic acids is 1. The van der Waals surface area contributed by atoms with E-state index >= 15 is 0 Å². The van der Waals surface area contributed by atoms with Crippen LogP contribution in [-0.4, -0.2) is 47.5 Å². The van der Waals surface area contributed by atoms with Gasteiger partial charge in [0.25, 0.3) is 5.91 Å². The van der Waals surface area contributed by atoms with E-state index in [-0.39, 0.29) is 17.6 Å². The van der Waals surface area contributed by atoms with Crippen LogP contribution in [0.1, 0.15) is 23.2 Å². The number of aromatic amines is 1. The van der Waals surface area contributed by atoms with Crippen molar-refractivity contribution in [1.82, 2.24) is 9.88 Å². The number of likely N-dealkylation sites (tertiary alicyclic amines) is 1. The van der Waals surface area contributed by atoms with E-state index in [9.17, 15) is 9.59 Å². The fourth-order valence-corrected chi connectivity index (χ4v) is 2.29. The van der Waals surface area contributed by atoms with Crippen LogP contribution in [-0.2, 0) is 4.74 Å². The van der Waals surface area contributed by atoms with Crippen molar-refractivity contribution in [2.45, 2.75) is 18.9 Å². The van der Waals surface area contributed by atoms with Crippen molar-refractivity contribution in [2.24, 2.45) is 0 Å². The predicted octanol–water partition coefficient (Wildman–Crippen LogP) is 1.23. The number of pyridine rings is 1. The van der Waals surface area contributed by atoms with Crippen LogP contribution in [0.3, 0.4) is 0 Å². The van der Waals surface area contributed by atoms with Gasteiger partial charge in [0.15, 0.2) is 0 Å². The number of nitrogens with zero attached hydrogens (tertiary/aromatic N) is 1. The third kappa shape index (κ3) is 3.81. The van der Waals surface area contributed by atoms with Gasteiger partial charge < -0.3 is 14.6 Å². The van der Waals surface area contributed by atoms with Crippen LogP contribution >= 0.6 is 11.6 Å². The molecule has 6 heteroatoms. The first kappa shape index (κ1) is 14.1. The highest BCUT2D eigenvalue weighted by molar-refractivity contribution is 6.17. The van der Waals surface area contributed by atoms with Gasteiger partial charge in [-0.15, -0.1) is 11.6 Å². The van der Waals surface area contributed by atoms with E-state index in [0.717, 1.165) is 12.8 Å². The maximum atomic E-state index is 12.2. The molecule has 0 atom stereocenters. The zero-order chi connectivity index (χ0) is 13.7. The zero-order valence-corrected chi connectivity index (χ0v) is 11.4. The van der Waals surface area contributed by atoms with Crippen LogP contribution in [0.4, 0.5) is 0 Å². The van der Waals surface area contributed by atoms with E-state index in [4.69, 9.17) is 16.3 Å². The lowest BCUT2D eigenvalue weighted by molar-refractivity contribution is 0.0154. The lowest BCUT2D eigenvalue weighted by Gasteiger charge is -2.31. The second kappa shape index (κ2) is 6.73. The van der Waals surface area contributed by atoms with Crippen molar-refractivity contribution in [3.05, 3.63) is 34.2 Å². The largest absolute Gasteiger partial charge is 0.377 e. The molecule has 1 fully saturated rings. The Morgan fingerprint density at radius 3 is 2.84 bits per heavy atom. The molecule has 1 amide bonds. The predicted molar refractivity (Wildman–Crippen MR) is 72.7 cm³/mol. The Balaban J connectivity index is 1.91. The molecule has 1 aromatic heterocycles. The SMILES string of the molecule is O=C(c1cc[nH]c(=O)c1)N1CCC(OCCCl)CC1. The molecule has 1 saturated heterocycles. The second-order valence-corrected chi connectivity index (χ2v) is 4.87. The van der Waals surface area contributed by atoms with Crippen molar-refractivity contribution in [3.8, 4) is 0 Å². The van der Waals surface area contributed by atoms with Gasteiger partial charge in [-0.3, -0.25) is 9.59 Å². The summed E-state index contributed by atoms with van der Waals surface area (Å²) in [4.78, 5) is 27.6. The molecule has 0 spiro atoms. The maximum absolute atomic E-state index is 12.2. The smallest absolute Gasteiger partial charge is 0.254 e. The Kier molecular flexibility index (Phi) is 4.99. The van der Waals surface area contributed by atoms with Crippen LogP contribution in [0.2, 0.25) is 0 Å². The molecule has 19 heavy (non-hydrogen) atoms. The summed E-state index contributed by atoms with van der Waals surface area (Å²) in [5.74, 6) is 0.397. The zero-order valence-electron chi connectivity index (χ0n) is 10.6. The summed E-state index contributed by atoms with van der Waals surface area (Å²) in [6, 6.07) is 2.96. The van der Waals surface area contributed by atoms with Crippen LogP contribution < -0.4 is 5.56 Å². The first-order chi connectivity index (χ1) is 9.20. The number of H-pyrrole nitrogens is 1. The van der Waals surface area contributed by atoms with Crippen molar-refractivity contribution in [2.75, 3.05) is 25.6 Å². The minimum atomic E-state index is -0.258. The number of piperidine rings is 1. The summed E-state index contributed by atoms with van der Waals surface area (Å²) in [6.07, 6.45) is 3.30. The summed E-state index contributed by atoms with van der Waals surface area (Å²) in [5.41, 5.74) is 0.176. The molecule has 1 N–H and O–H groups in total. The monoisotopic (exact) mass is 284 g/mol. The summed E-state index contributed by atoms with van der Waals surface area (Å²) in [6.45, 7) is 1.85. The van der Waals surface area contributed by atoms with Crippen LogP contribution in [0.15, 0.2) is 23.1 Å². The van der Waals surface area contributed by atoms with Gasteiger partial charge in [0.1, 0.15) is 0 Å². The molecule has 5 nitrogen and oxygen atoms in total. The molecule has 0 radical (unpaired) electrons. The quantitative estimate of drug-likeness (QED) is 0.846. The molecule has 1 aliphatic rings. The number of halogens is 1. The molecule has 0 bridgehead atoms. The Morgan fingerprint density at radius 1 is 1.47 bits per heavy atom. The van der Waals surface area contributed by atoms with Crippen molar-refractivity contribution >= 4 is 17.5 Å². The molecular weight excluding hydrogens is 268 g/mol. The van der Waals surface area contributed by atoms with E-state index in [1.165, 1.54) is 12.3 Å². The molecule has 104 valence electrons. The second-order valence-electron chi connectivity index (χ2n) is 4.49. The average molecular weight is 285 g/mol. The van der Waals surface area contributed by atoms with Crippen molar-refractivity contribution in [1.29, 1.82) is 0 Å². The topological polar surface area (TPSA) is 62.4 Å². The summed E-state index contributed by atoms with van der Waals surface area (Å²) >= 11 is 5.57. The van der Waals surface area contributed by atoms with E-state index in [1.807, 2.05) is 0 Å². The molecular formula is C13H17ClN2O3. The molecule has 1 aliphatic heterocycles. The van der Waals surface area contributed by atoms with Gasteiger partial charge in [-0.05, 0) is 18.9 Å². The first-order valence-electron chi connectivity index (χ1n) is 6.36. The lowest BCUT2D eigenvalue weighted by atomic mass is 10.1. The van der Waals surface area contributed by atoms with E-state index in [1.54, 1.807) is 11.0 Å². The van der Waals surface area contributed by atoms with Gasteiger partial charge in [0.05, 0.1) is 12.7 Å². The van der Waals surface area contributed by atoms with E-state index in [0.29, 0.717) is 31.1 Å². The van der Waals surface area contributed by atoms with E-state index in [2.05, 4.69) is 4.98 Å². The molecule has 1 aromatic rings. The van der Waals surface area contributed by atoms with Gasteiger partial charge >= 0.3 is 0 Å². The molecule has 0 saturated carbocycles. The average Bonchev–Trinajstić information content (AvgIpc) is 2.45. The molecule has 0 aromatic carbocycles. The number of amides is 1. The highest BCUT2D eigenvalue weighted by Gasteiger charge is 2.23. The third-order valence-corrected chi connectivity index (χ3v) is 3.34. The van der Waals surface area contributed by atoms with Crippen LogP contribution in [0, 0.1) is 0 Å². The number of aromatic nitrogens is 1. The number of nitrogens with one attached hydrogen (secondary N) is 1. The van der Waals surface area contributed by atoms with Gasteiger partial charge in [-0.1, -0.05) is 0 Å². The number of alkyl halides is 1. The van der Waals surface area contributed by atoms with Gasteiger partial charge in [-0.2, -0.15) is 0 Å². The highest BCUT2D eigenvalue weighted by Crippen LogP contribution is 2.15. The Labute approximate surface area is 116 Å². The third-order valence-electron chi connectivity index (χ3n) is 3.18. The number of hydrogen-bond donors (Lipinski definition) is 1. The molecule has 2 rings (SSSR count). The number of hydrogen-bond acceptors (Lipinski definition) is 3. The minimum Gasteiger partial charge on any atom is -0.377 e. The van der Waals surface area contributed by atoms with Gasteiger partial charge in [0, 0.05) is 36.8 Å². The fraction of sp³-hybridized carbons (Fsp3) is 0.538. The fourth-order valence-electron chi connectivity index (χ4n) is 2.20. The van der Waals surface area contributed by atoms with Crippen LogP contribution in [0.25, 0.3) is 0 Å². The molecule has 2 heterocycles. The standard InChI is InChI=1S/C13H17ClN2O3/c14-4-8-19-11-2-6-16(7-3-11)13(18)10-1-5-15-12(17)9-10/h1,5,9,11H,2-4,6-8H2,(H,15,17). The summed E-state index contributed by atoms with van der Waals surface area (Å²) in [7, 11) is 0. The number of rotatable bonds is 4. The molecule has 0 aliphatic carbocycles. The van der Waals surface area contributed by atoms with Crippen molar-refractivity contribution in [3.63, 3.8) is 0 Å². The summed E-state index contributed by atoms with van der Waals surface area (Å²) < 4.78 is 5.56. The number of carbonyl (C=O) groups is 1. The normalized spacial score (nSPS) is 16.6. The lowest BCUT2D eigenvalue weighted by Crippen LogP contribution is -2.41. The van der Waals surface area contributed by atoms with E-state index < -0.39 is 0 Å². The Bertz CT molecular complexity index is 481. The van der Waals surface area contributed by atoms with Crippen LogP contribution in [0.5, 0.6) is 0 Å². The van der Waals surface area contributed by atoms with Crippen molar-refractivity contribution < 1.29 is 9.53 Å². The Hall–Kier alpha value is -1.33. The van der Waals surface area contributed by atoms with Gasteiger partial charge in [-0.25, -0.2) is 0 Å². The maximum Gasteiger partial charge on any atom is 0.254 e. The van der Waals surface area contributed by atoms with Gasteiger partial charge in [0.2, 0.25) is 5.56 Å². The highest BCUT2D eigenvalue weighted by atomic mass is 35.5. The minimum absolute atomic E-state index is 0.0955. The molecule has 0 unspecified atom stereocenters. The Morgan fingerprint density at radius 2 is 2.21 bits per heavy atom.